The first kappa shape index (κ1) is 16.5. The van der Waals surface area contributed by atoms with Gasteiger partial charge in [0.25, 0.3) is 0 Å². The van der Waals surface area contributed by atoms with Crippen molar-refractivity contribution in [2.75, 3.05) is 25.9 Å². The third-order valence-electron chi connectivity index (χ3n) is 4.21. The summed E-state index contributed by atoms with van der Waals surface area (Å²) < 4.78 is 9.63. The Hall–Kier alpha value is -0.883. The third-order valence-corrected chi connectivity index (χ3v) is 6.86. The number of amides is 2. The molecule has 0 spiro atoms. The molecule has 0 bridgehead atoms. The Morgan fingerprint density at radius 2 is 1.43 bits per heavy atom. The molecule has 2 aliphatic rings. The number of hydrogen-bond donors (Lipinski definition) is 0. The van der Waals surface area contributed by atoms with Gasteiger partial charge < -0.3 is 13.9 Å². The van der Waals surface area contributed by atoms with Crippen molar-refractivity contribution >= 4 is 20.9 Å². The van der Waals surface area contributed by atoms with Crippen LogP contribution in [0.2, 0.25) is 0 Å². The van der Waals surface area contributed by atoms with Gasteiger partial charge in [0, 0.05) is 32.5 Å². The standard InChI is InChI=1S/C15H27N2O3Si/c1-2-20-13-21(16-11-7-3-5-9-14(16)18)17-12-8-4-6-10-15(17)19/h2-13H2,1H3. The van der Waals surface area contributed by atoms with Gasteiger partial charge in [-0.2, -0.15) is 0 Å². The van der Waals surface area contributed by atoms with E-state index in [0.29, 0.717) is 25.7 Å². The number of carbonyl (C=O) groups excluding carboxylic acids is 2. The van der Waals surface area contributed by atoms with Crippen molar-refractivity contribution in [2.24, 2.45) is 0 Å². The number of nitrogens with zero attached hydrogens (tertiary/aromatic N) is 2. The molecule has 1 radical (unpaired) electrons. The SMILES string of the molecule is CCOC[Si](N1CCCCCC1=O)N1CCCCCC1=O. The first-order chi connectivity index (χ1) is 10.2. The summed E-state index contributed by atoms with van der Waals surface area (Å²) in [5.41, 5.74) is 0. The number of hydrogen-bond acceptors (Lipinski definition) is 3. The van der Waals surface area contributed by atoms with Gasteiger partial charge >= 0.3 is 9.12 Å². The van der Waals surface area contributed by atoms with Crippen LogP contribution in [-0.2, 0) is 14.3 Å². The van der Waals surface area contributed by atoms with E-state index in [2.05, 4.69) is 0 Å². The van der Waals surface area contributed by atoms with Gasteiger partial charge in [-0.1, -0.05) is 12.8 Å². The number of carbonyl (C=O) groups is 2. The molecule has 21 heavy (non-hydrogen) atoms. The quantitative estimate of drug-likeness (QED) is 0.728. The molecule has 0 aliphatic carbocycles. The lowest BCUT2D eigenvalue weighted by molar-refractivity contribution is -0.129. The Morgan fingerprint density at radius 3 is 1.90 bits per heavy atom. The van der Waals surface area contributed by atoms with Crippen LogP contribution in [0.15, 0.2) is 0 Å². The van der Waals surface area contributed by atoms with Crippen LogP contribution >= 0.6 is 0 Å². The fourth-order valence-electron chi connectivity index (χ4n) is 3.01. The van der Waals surface area contributed by atoms with Gasteiger partial charge in [0.1, 0.15) is 0 Å². The average molecular weight is 311 g/mol. The van der Waals surface area contributed by atoms with Gasteiger partial charge in [0.2, 0.25) is 11.8 Å². The summed E-state index contributed by atoms with van der Waals surface area (Å²) in [6, 6.07) is 0. The third kappa shape index (κ3) is 4.54. The maximum absolute atomic E-state index is 12.4. The monoisotopic (exact) mass is 311 g/mol. The van der Waals surface area contributed by atoms with Crippen LogP contribution in [0.4, 0.5) is 0 Å². The predicted octanol–water partition coefficient (Wildman–Crippen LogP) is 1.86. The summed E-state index contributed by atoms with van der Waals surface area (Å²) >= 11 is 0. The molecule has 2 saturated heterocycles. The second kappa shape index (κ2) is 8.53. The number of ether oxygens (including phenoxy) is 1. The fourth-order valence-corrected chi connectivity index (χ4v) is 5.63. The largest absolute Gasteiger partial charge is 0.381 e. The summed E-state index contributed by atoms with van der Waals surface area (Å²) in [6.45, 7) is 4.19. The molecule has 0 saturated carbocycles. The second-order valence-corrected chi connectivity index (χ2v) is 7.97. The minimum absolute atomic E-state index is 0.220. The van der Waals surface area contributed by atoms with E-state index >= 15 is 0 Å². The molecule has 2 aliphatic heterocycles. The lowest BCUT2D eigenvalue weighted by Crippen LogP contribution is -2.59. The Bertz CT molecular complexity index is 335. The van der Waals surface area contributed by atoms with Crippen LogP contribution in [-0.4, -0.2) is 56.0 Å². The van der Waals surface area contributed by atoms with Gasteiger partial charge in [-0.05, 0) is 32.6 Å². The minimum Gasteiger partial charge on any atom is -0.381 e. The number of rotatable bonds is 5. The van der Waals surface area contributed by atoms with Crippen LogP contribution in [0.5, 0.6) is 0 Å². The van der Waals surface area contributed by atoms with Crippen molar-refractivity contribution in [1.82, 2.24) is 9.13 Å². The molecule has 0 atom stereocenters. The fraction of sp³-hybridized carbons (Fsp3) is 0.867. The van der Waals surface area contributed by atoms with Crippen molar-refractivity contribution in [2.45, 2.75) is 58.3 Å². The Morgan fingerprint density at radius 1 is 0.905 bits per heavy atom. The summed E-state index contributed by atoms with van der Waals surface area (Å²) in [7, 11) is -1.41. The Labute approximate surface area is 129 Å². The zero-order valence-corrected chi connectivity index (χ0v) is 14.1. The molecule has 0 N–H and O–H groups in total. The van der Waals surface area contributed by atoms with Gasteiger partial charge in [0.05, 0.1) is 6.23 Å². The van der Waals surface area contributed by atoms with Crippen LogP contribution in [0.25, 0.3) is 0 Å². The van der Waals surface area contributed by atoms with Crippen molar-refractivity contribution in [3.8, 4) is 0 Å². The zero-order chi connectivity index (χ0) is 15.1. The molecule has 0 aromatic heterocycles. The van der Waals surface area contributed by atoms with Crippen LogP contribution < -0.4 is 0 Å². The molecule has 0 aromatic rings. The topological polar surface area (TPSA) is 49.9 Å². The van der Waals surface area contributed by atoms with E-state index in [9.17, 15) is 9.59 Å². The molecule has 0 aromatic carbocycles. The predicted molar refractivity (Wildman–Crippen MR) is 82.6 cm³/mol. The van der Waals surface area contributed by atoms with Gasteiger partial charge in [-0.25, -0.2) is 0 Å². The van der Waals surface area contributed by atoms with Crippen LogP contribution in [0.1, 0.15) is 58.3 Å². The molecule has 2 rings (SSSR count). The molecular formula is C15H27N2O3Si. The maximum Gasteiger partial charge on any atom is 0.330 e. The molecule has 2 heterocycles. The summed E-state index contributed by atoms with van der Waals surface area (Å²) in [4.78, 5) is 24.8. The molecule has 0 unspecified atom stereocenters. The van der Waals surface area contributed by atoms with Crippen LogP contribution in [0, 0.1) is 0 Å². The first-order valence-corrected chi connectivity index (χ1v) is 9.88. The van der Waals surface area contributed by atoms with E-state index in [1.165, 1.54) is 0 Å². The van der Waals surface area contributed by atoms with Gasteiger partial charge in [-0.3, -0.25) is 9.59 Å². The lowest BCUT2D eigenvalue weighted by atomic mass is 10.2. The highest BCUT2D eigenvalue weighted by Crippen LogP contribution is 2.18. The van der Waals surface area contributed by atoms with E-state index in [0.717, 1.165) is 51.6 Å². The highest BCUT2D eigenvalue weighted by atomic mass is 28.3. The molecule has 6 heteroatoms. The van der Waals surface area contributed by atoms with Crippen molar-refractivity contribution in [1.29, 1.82) is 0 Å². The normalized spacial score (nSPS) is 21.6. The summed E-state index contributed by atoms with van der Waals surface area (Å²) in [5.74, 6) is 0.441. The molecule has 119 valence electrons. The molecule has 2 amide bonds. The highest BCUT2D eigenvalue weighted by Gasteiger charge is 2.36. The van der Waals surface area contributed by atoms with E-state index in [1.807, 2.05) is 16.1 Å². The van der Waals surface area contributed by atoms with Gasteiger partial charge in [0.15, 0.2) is 0 Å². The van der Waals surface area contributed by atoms with E-state index in [1.54, 1.807) is 0 Å². The van der Waals surface area contributed by atoms with Crippen molar-refractivity contribution in [3.05, 3.63) is 0 Å². The average Bonchev–Trinajstić information content (AvgIpc) is 2.81. The summed E-state index contributed by atoms with van der Waals surface area (Å²) in [5, 5.41) is 0. The van der Waals surface area contributed by atoms with Crippen molar-refractivity contribution < 1.29 is 14.3 Å². The van der Waals surface area contributed by atoms with Crippen LogP contribution in [0.3, 0.4) is 0 Å². The lowest BCUT2D eigenvalue weighted by Gasteiger charge is -2.36. The summed E-state index contributed by atoms with van der Waals surface area (Å²) in [6.07, 6.45) is 8.07. The maximum atomic E-state index is 12.4. The van der Waals surface area contributed by atoms with Crippen molar-refractivity contribution in [3.63, 3.8) is 0 Å². The Kier molecular flexibility index (Phi) is 6.70. The molecular weight excluding hydrogens is 284 g/mol. The van der Waals surface area contributed by atoms with Gasteiger partial charge in [-0.15, -0.1) is 0 Å². The second-order valence-electron chi connectivity index (χ2n) is 5.77. The minimum atomic E-state index is -1.41. The van der Waals surface area contributed by atoms with E-state index < -0.39 is 9.12 Å². The zero-order valence-electron chi connectivity index (χ0n) is 13.1. The smallest absolute Gasteiger partial charge is 0.330 e. The molecule has 5 nitrogen and oxygen atoms in total. The Balaban J connectivity index is 2.14. The first-order valence-electron chi connectivity index (χ1n) is 8.28. The highest BCUT2D eigenvalue weighted by molar-refractivity contribution is 6.58. The van der Waals surface area contributed by atoms with E-state index in [-0.39, 0.29) is 11.8 Å². The molecule has 2 fully saturated rings. The van der Waals surface area contributed by atoms with E-state index in [4.69, 9.17) is 4.74 Å².